The number of amides is 1. The zero-order chi connectivity index (χ0) is 24.0. The first-order valence-corrected chi connectivity index (χ1v) is 10.6. The lowest BCUT2D eigenvalue weighted by atomic mass is 9.97. The van der Waals surface area contributed by atoms with Crippen LogP contribution in [0.5, 0.6) is 17.2 Å². The lowest BCUT2D eigenvalue weighted by molar-refractivity contribution is -0.173. The summed E-state index contributed by atoms with van der Waals surface area (Å²) in [5, 5.41) is 9.33. The molecule has 178 valence electrons. The SMILES string of the molecule is COc1ccc([C@@H]2C[C@@H](C(F)(F)F)n3nc(C(=O)Nc4ccc5c(c4)OCO5)c(Cl)c3N2)cc1. The highest BCUT2D eigenvalue weighted by atomic mass is 35.5. The number of anilines is 2. The fraction of sp³-hybridized carbons (Fsp3) is 0.273. The first-order valence-electron chi connectivity index (χ1n) is 10.2. The second kappa shape index (κ2) is 8.32. The molecular weight excluding hydrogens is 477 g/mol. The van der Waals surface area contributed by atoms with Crippen molar-refractivity contribution >= 4 is 29.0 Å². The molecule has 2 atom stereocenters. The van der Waals surface area contributed by atoms with Crippen molar-refractivity contribution in [2.24, 2.45) is 0 Å². The zero-order valence-corrected chi connectivity index (χ0v) is 18.4. The molecule has 0 radical (unpaired) electrons. The minimum atomic E-state index is -4.61. The molecule has 0 fully saturated rings. The molecule has 0 spiro atoms. The smallest absolute Gasteiger partial charge is 0.410 e. The summed E-state index contributed by atoms with van der Waals surface area (Å²) >= 11 is 6.37. The number of ether oxygens (including phenoxy) is 3. The number of carbonyl (C=O) groups is 1. The highest BCUT2D eigenvalue weighted by Crippen LogP contribution is 2.46. The van der Waals surface area contributed by atoms with E-state index in [1.807, 2.05) is 0 Å². The minimum Gasteiger partial charge on any atom is -0.497 e. The van der Waals surface area contributed by atoms with Gasteiger partial charge in [0, 0.05) is 18.2 Å². The van der Waals surface area contributed by atoms with Gasteiger partial charge in [-0.3, -0.25) is 4.79 Å². The van der Waals surface area contributed by atoms with Gasteiger partial charge in [-0.25, -0.2) is 4.68 Å². The Bertz CT molecular complexity index is 1250. The van der Waals surface area contributed by atoms with Crippen LogP contribution in [0.1, 0.15) is 34.6 Å². The molecule has 3 heterocycles. The molecule has 2 N–H and O–H groups in total. The number of hydrogen-bond acceptors (Lipinski definition) is 6. The Balaban J connectivity index is 1.46. The van der Waals surface area contributed by atoms with Gasteiger partial charge in [-0.2, -0.15) is 18.3 Å². The molecule has 0 bridgehead atoms. The number of fused-ring (bicyclic) bond motifs is 2. The number of alkyl halides is 3. The molecular formula is C22H18ClF3N4O4. The van der Waals surface area contributed by atoms with E-state index in [0.29, 0.717) is 28.5 Å². The summed E-state index contributed by atoms with van der Waals surface area (Å²) in [5.41, 5.74) is 0.643. The highest BCUT2D eigenvalue weighted by Gasteiger charge is 2.47. The van der Waals surface area contributed by atoms with Gasteiger partial charge in [-0.1, -0.05) is 23.7 Å². The lowest BCUT2D eigenvalue weighted by Gasteiger charge is -2.33. The van der Waals surface area contributed by atoms with E-state index in [9.17, 15) is 18.0 Å². The summed E-state index contributed by atoms with van der Waals surface area (Å²) in [6.07, 6.45) is -4.94. The van der Waals surface area contributed by atoms with Crippen molar-refractivity contribution < 1.29 is 32.2 Å². The highest BCUT2D eigenvalue weighted by molar-refractivity contribution is 6.36. The second-order valence-electron chi connectivity index (χ2n) is 7.74. The fourth-order valence-corrected chi connectivity index (χ4v) is 4.22. The number of benzene rings is 2. The van der Waals surface area contributed by atoms with Gasteiger partial charge in [-0.15, -0.1) is 0 Å². The summed E-state index contributed by atoms with van der Waals surface area (Å²) in [7, 11) is 1.50. The summed E-state index contributed by atoms with van der Waals surface area (Å²) in [4.78, 5) is 12.9. The minimum absolute atomic E-state index is 0.0617. The van der Waals surface area contributed by atoms with E-state index in [-0.39, 0.29) is 29.7 Å². The first-order chi connectivity index (χ1) is 16.2. The number of nitrogens with zero attached hydrogens (tertiary/aromatic N) is 2. The summed E-state index contributed by atoms with van der Waals surface area (Å²) in [6.45, 7) is 0.0617. The van der Waals surface area contributed by atoms with Gasteiger partial charge in [0.1, 0.15) is 16.6 Å². The van der Waals surface area contributed by atoms with Gasteiger partial charge in [-0.05, 0) is 29.8 Å². The number of hydrogen-bond donors (Lipinski definition) is 2. The van der Waals surface area contributed by atoms with Crippen LogP contribution in [0.2, 0.25) is 5.02 Å². The van der Waals surface area contributed by atoms with Crippen molar-refractivity contribution in [3.8, 4) is 17.2 Å². The van der Waals surface area contributed by atoms with Crippen LogP contribution in [0, 0.1) is 0 Å². The van der Waals surface area contributed by atoms with Crippen molar-refractivity contribution in [2.75, 3.05) is 24.5 Å². The normalized spacial score (nSPS) is 18.7. The number of carbonyl (C=O) groups excluding carboxylic acids is 1. The zero-order valence-electron chi connectivity index (χ0n) is 17.6. The van der Waals surface area contributed by atoms with Crippen LogP contribution in [0.25, 0.3) is 0 Å². The van der Waals surface area contributed by atoms with E-state index in [2.05, 4.69) is 15.7 Å². The Morgan fingerprint density at radius 2 is 1.94 bits per heavy atom. The average Bonchev–Trinajstić information content (AvgIpc) is 3.42. The molecule has 2 aliphatic rings. The number of methoxy groups -OCH3 is 1. The van der Waals surface area contributed by atoms with Crippen LogP contribution in [-0.2, 0) is 0 Å². The molecule has 0 saturated carbocycles. The van der Waals surface area contributed by atoms with Crippen molar-refractivity contribution in [3.05, 3.63) is 58.7 Å². The maximum Gasteiger partial charge on any atom is 0.410 e. The van der Waals surface area contributed by atoms with Crippen LogP contribution >= 0.6 is 11.6 Å². The van der Waals surface area contributed by atoms with Crippen LogP contribution in [0.3, 0.4) is 0 Å². The molecule has 0 saturated heterocycles. The van der Waals surface area contributed by atoms with Crippen LogP contribution in [0.15, 0.2) is 42.5 Å². The lowest BCUT2D eigenvalue weighted by Crippen LogP contribution is -2.35. The summed E-state index contributed by atoms with van der Waals surface area (Å²) in [6, 6.07) is 8.73. The van der Waals surface area contributed by atoms with Crippen molar-refractivity contribution in [2.45, 2.75) is 24.7 Å². The van der Waals surface area contributed by atoms with E-state index in [4.69, 9.17) is 25.8 Å². The van der Waals surface area contributed by atoms with Crippen LogP contribution in [-0.4, -0.2) is 35.8 Å². The number of aromatic nitrogens is 2. The molecule has 8 nitrogen and oxygen atoms in total. The quantitative estimate of drug-likeness (QED) is 0.519. The van der Waals surface area contributed by atoms with Crippen molar-refractivity contribution in [3.63, 3.8) is 0 Å². The largest absolute Gasteiger partial charge is 0.497 e. The molecule has 0 unspecified atom stereocenters. The van der Waals surface area contributed by atoms with Gasteiger partial charge in [0.2, 0.25) is 6.79 Å². The van der Waals surface area contributed by atoms with E-state index in [1.54, 1.807) is 42.5 Å². The molecule has 0 aliphatic carbocycles. The fourth-order valence-electron chi connectivity index (χ4n) is 3.95. The third-order valence-corrected chi connectivity index (χ3v) is 6.02. The molecule has 2 aromatic carbocycles. The molecule has 1 aromatic heterocycles. The van der Waals surface area contributed by atoms with Crippen molar-refractivity contribution in [1.82, 2.24) is 9.78 Å². The molecule has 3 aromatic rings. The standard InChI is InChI=1S/C22H18ClF3N4O4/c1-32-13-5-2-11(3-6-13)14-9-17(22(24,25)26)30-20(28-14)18(23)19(29-30)21(31)27-12-4-7-15-16(8-12)34-10-33-15/h2-8,14,17,28H,9-10H2,1H3,(H,27,31)/t14-,17-/m0/s1. The Morgan fingerprint density at radius 1 is 1.21 bits per heavy atom. The van der Waals surface area contributed by atoms with Gasteiger partial charge >= 0.3 is 6.18 Å². The molecule has 5 rings (SSSR count). The average molecular weight is 495 g/mol. The number of rotatable bonds is 4. The van der Waals surface area contributed by atoms with Crippen LogP contribution < -0.4 is 24.8 Å². The Kier molecular flexibility index (Phi) is 5.43. The van der Waals surface area contributed by atoms with Gasteiger partial charge in [0.05, 0.1) is 13.2 Å². The van der Waals surface area contributed by atoms with Gasteiger partial charge in [0.15, 0.2) is 23.2 Å². The van der Waals surface area contributed by atoms with E-state index in [0.717, 1.165) is 4.68 Å². The third-order valence-electron chi connectivity index (χ3n) is 5.66. The Morgan fingerprint density at radius 3 is 2.65 bits per heavy atom. The van der Waals surface area contributed by atoms with E-state index >= 15 is 0 Å². The second-order valence-corrected chi connectivity index (χ2v) is 8.12. The van der Waals surface area contributed by atoms with Gasteiger partial charge in [0.25, 0.3) is 5.91 Å². The summed E-state index contributed by atoms with van der Waals surface area (Å²) < 4.78 is 58.2. The Labute approximate surface area is 196 Å². The van der Waals surface area contributed by atoms with Crippen molar-refractivity contribution in [1.29, 1.82) is 0 Å². The van der Waals surface area contributed by atoms with Gasteiger partial charge < -0.3 is 24.8 Å². The first kappa shape index (κ1) is 22.2. The molecule has 2 aliphatic heterocycles. The Hall–Kier alpha value is -3.60. The predicted octanol–water partition coefficient (Wildman–Crippen LogP) is 5.19. The topological polar surface area (TPSA) is 86.6 Å². The van der Waals surface area contributed by atoms with Crippen LogP contribution in [0.4, 0.5) is 24.7 Å². The maximum absolute atomic E-state index is 14.0. The van der Waals surface area contributed by atoms with E-state index < -0.39 is 24.2 Å². The summed E-state index contributed by atoms with van der Waals surface area (Å²) in [5.74, 6) is 0.711. The number of nitrogens with one attached hydrogen (secondary N) is 2. The monoisotopic (exact) mass is 494 g/mol. The third kappa shape index (κ3) is 3.96. The molecule has 1 amide bonds. The predicted molar refractivity (Wildman–Crippen MR) is 117 cm³/mol. The number of halogens is 4. The molecule has 34 heavy (non-hydrogen) atoms. The molecule has 12 heteroatoms. The maximum atomic E-state index is 14.0. The van der Waals surface area contributed by atoms with E-state index in [1.165, 1.54) is 7.11 Å².